The smallest absolute Gasteiger partial charge is 0.222 e. The predicted molar refractivity (Wildman–Crippen MR) is 99.4 cm³/mol. The molecule has 0 saturated heterocycles. The van der Waals surface area contributed by atoms with Crippen molar-refractivity contribution in [2.75, 3.05) is 6.54 Å². The van der Waals surface area contributed by atoms with Crippen LogP contribution in [0, 0.1) is 6.92 Å². The van der Waals surface area contributed by atoms with Crippen LogP contribution in [0.2, 0.25) is 0 Å². The van der Waals surface area contributed by atoms with E-state index in [2.05, 4.69) is 36.3 Å². The van der Waals surface area contributed by atoms with Crippen LogP contribution in [0.25, 0.3) is 0 Å². The van der Waals surface area contributed by atoms with Gasteiger partial charge in [-0.1, -0.05) is 72.2 Å². The van der Waals surface area contributed by atoms with Gasteiger partial charge in [0.25, 0.3) is 0 Å². The van der Waals surface area contributed by atoms with E-state index in [-0.39, 0.29) is 12.0 Å². The van der Waals surface area contributed by atoms with Gasteiger partial charge in [0.2, 0.25) is 5.91 Å². The van der Waals surface area contributed by atoms with Gasteiger partial charge in [0, 0.05) is 19.4 Å². The molecule has 0 spiro atoms. The van der Waals surface area contributed by atoms with Crippen molar-refractivity contribution in [1.82, 2.24) is 4.90 Å². The van der Waals surface area contributed by atoms with E-state index in [0.29, 0.717) is 19.5 Å². The maximum absolute atomic E-state index is 12.3. The fraction of sp³-hybridized carbons (Fsp3) is 0.333. The second kappa shape index (κ2) is 7.97. The molecule has 0 fully saturated rings. The summed E-state index contributed by atoms with van der Waals surface area (Å²) in [6.45, 7) is 5.12. The highest BCUT2D eigenvalue weighted by Gasteiger charge is 2.26. The van der Waals surface area contributed by atoms with Crippen LogP contribution in [0.4, 0.5) is 0 Å². The minimum Gasteiger partial charge on any atom is -0.390 e. The molecule has 1 aliphatic heterocycles. The first-order chi connectivity index (χ1) is 12.2. The maximum Gasteiger partial charge on any atom is 0.222 e. The normalized spacial score (nSPS) is 16.2. The second-order valence-corrected chi connectivity index (χ2v) is 6.45. The average molecular weight is 336 g/mol. The molecule has 130 valence electrons. The Hall–Kier alpha value is -2.62. The molecular formula is C21H24N2O2. The largest absolute Gasteiger partial charge is 0.390 e. The van der Waals surface area contributed by atoms with Gasteiger partial charge in [0.1, 0.15) is 0 Å². The monoisotopic (exact) mass is 336 g/mol. The van der Waals surface area contributed by atoms with Crippen LogP contribution in [0.1, 0.15) is 36.5 Å². The summed E-state index contributed by atoms with van der Waals surface area (Å²) >= 11 is 0. The molecule has 1 amide bonds. The molecule has 4 nitrogen and oxygen atoms in total. The van der Waals surface area contributed by atoms with Crippen LogP contribution in [0.15, 0.2) is 59.8 Å². The van der Waals surface area contributed by atoms with Crippen LogP contribution in [-0.2, 0) is 16.2 Å². The molecule has 2 aromatic rings. The number of amides is 1. The Balaban J connectivity index is 1.63. The molecule has 1 heterocycles. The van der Waals surface area contributed by atoms with E-state index >= 15 is 0 Å². The molecule has 0 unspecified atom stereocenters. The predicted octanol–water partition coefficient (Wildman–Crippen LogP) is 3.93. The summed E-state index contributed by atoms with van der Waals surface area (Å²) in [5, 5.41) is 4.24. The zero-order chi connectivity index (χ0) is 17.6. The van der Waals surface area contributed by atoms with E-state index < -0.39 is 0 Å². The van der Waals surface area contributed by atoms with Gasteiger partial charge in [-0.3, -0.25) is 4.79 Å². The lowest BCUT2D eigenvalue weighted by atomic mass is 10.0. The van der Waals surface area contributed by atoms with Crippen molar-refractivity contribution < 1.29 is 9.63 Å². The number of rotatable bonds is 6. The summed E-state index contributed by atoms with van der Waals surface area (Å²) in [6.07, 6.45) is 1.13. The maximum atomic E-state index is 12.3. The fourth-order valence-electron chi connectivity index (χ4n) is 2.97. The van der Waals surface area contributed by atoms with Gasteiger partial charge in [-0.15, -0.1) is 0 Å². The number of hydrogen-bond acceptors (Lipinski definition) is 3. The Morgan fingerprint density at radius 1 is 1.16 bits per heavy atom. The van der Waals surface area contributed by atoms with Gasteiger partial charge >= 0.3 is 0 Å². The van der Waals surface area contributed by atoms with Gasteiger partial charge in [-0.2, -0.15) is 0 Å². The lowest BCUT2D eigenvalue weighted by Gasteiger charge is -2.24. The zero-order valence-electron chi connectivity index (χ0n) is 14.8. The first-order valence-corrected chi connectivity index (χ1v) is 8.77. The summed E-state index contributed by atoms with van der Waals surface area (Å²) in [6, 6.07) is 18.3. The van der Waals surface area contributed by atoms with Gasteiger partial charge in [0.05, 0.1) is 12.3 Å². The molecule has 3 rings (SSSR count). The molecule has 0 radical (unpaired) electrons. The zero-order valence-corrected chi connectivity index (χ0v) is 14.8. The SMILES string of the molecule is CCC(=O)N(Cc1ccccc1)C[C@@H]1CC(c2ccc(C)cc2)=NO1. The minimum absolute atomic E-state index is 0.0875. The number of aryl methyl sites for hydroxylation is 1. The molecule has 4 heteroatoms. The minimum atomic E-state index is -0.0875. The first kappa shape index (κ1) is 17.2. The highest BCUT2D eigenvalue weighted by molar-refractivity contribution is 6.01. The third kappa shape index (κ3) is 4.47. The van der Waals surface area contributed by atoms with Crippen molar-refractivity contribution in [2.24, 2.45) is 5.16 Å². The molecule has 0 saturated carbocycles. The van der Waals surface area contributed by atoms with E-state index in [0.717, 1.165) is 23.3 Å². The van der Waals surface area contributed by atoms with Crippen molar-refractivity contribution in [3.63, 3.8) is 0 Å². The van der Waals surface area contributed by atoms with Gasteiger partial charge < -0.3 is 9.74 Å². The summed E-state index contributed by atoms with van der Waals surface area (Å²) < 4.78 is 0. The van der Waals surface area contributed by atoms with E-state index in [1.165, 1.54) is 5.56 Å². The Labute approximate surface area is 149 Å². The van der Waals surface area contributed by atoms with Gasteiger partial charge in [-0.25, -0.2) is 0 Å². The summed E-state index contributed by atoms with van der Waals surface area (Å²) in [4.78, 5) is 19.8. The standard InChI is InChI=1S/C21H24N2O2/c1-3-21(24)23(14-17-7-5-4-6-8-17)15-19-13-20(22-25-19)18-11-9-16(2)10-12-18/h4-12,19H,3,13-15H2,1-2H3/t19-/m0/s1. The quantitative estimate of drug-likeness (QED) is 0.802. The number of benzene rings is 2. The van der Waals surface area contributed by atoms with Crippen LogP contribution in [0.3, 0.4) is 0 Å². The van der Waals surface area contributed by atoms with Gasteiger partial charge in [-0.05, 0) is 18.1 Å². The van der Waals surface area contributed by atoms with Crippen molar-refractivity contribution in [2.45, 2.75) is 39.3 Å². The summed E-state index contributed by atoms with van der Waals surface area (Å²) in [5.41, 5.74) is 4.39. The number of oxime groups is 1. The first-order valence-electron chi connectivity index (χ1n) is 8.77. The van der Waals surface area contributed by atoms with Crippen LogP contribution >= 0.6 is 0 Å². The molecule has 0 aromatic heterocycles. The third-order valence-corrected chi connectivity index (χ3v) is 4.41. The van der Waals surface area contributed by atoms with E-state index in [4.69, 9.17) is 4.84 Å². The van der Waals surface area contributed by atoms with Crippen molar-refractivity contribution >= 4 is 11.6 Å². The Bertz CT molecular complexity index is 738. The topological polar surface area (TPSA) is 41.9 Å². The fourth-order valence-corrected chi connectivity index (χ4v) is 2.97. The number of nitrogens with zero attached hydrogens (tertiary/aromatic N) is 2. The average Bonchev–Trinajstić information content (AvgIpc) is 3.10. The van der Waals surface area contributed by atoms with Crippen molar-refractivity contribution in [3.05, 3.63) is 71.3 Å². The second-order valence-electron chi connectivity index (χ2n) is 6.45. The van der Waals surface area contributed by atoms with Gasteiger partial charge in [0.15, 0.2) is 6.10 Å². The lowest BCUT2D eigenvalue weighted by Crippen LogP contribution is -2.36. The summed E-state index contributed by atoms with van der Waals surface area (Å²) in [5.74, 6) is 0.135. The third-order valence-electron chi connectivity index (χ3n) is 4.41. The van der Waals surface area contributed by atoms with E-state index in [1.807, 2.05) is 42.2 Å². The Morgan fingerprint density at radius 3 is 2.56 bits per heavy atom. The highest BCUT2D eigenvalue weighted by Crippen LogP contribution is 2.19. The summed E-state index contributed by atoms with van der Waals surface area (Å²) in [7, 11) is 0. The molecule has 0 bridgehead atoms. The lowest BCUT2D eigenvalue weighted by molar-refractivity contribution is -0.133. The van der Waals surface area contributed by atoms with Crippen LogP contribution in [-0.4, -0.2) is 29.2 Å². The number of carbonyl (C=O) groups excluding carboxylic acids is 1. The Kier molecular flexibility index (Phi) is 5.49. The molecule has 0 aliphatic carbocycles. The van der Waals surface area contributed by atoms with Crippen LogP contribution in [0.5, 0.6) is 0 Å². The van der Waals surface area contributed by atoms with E-state index in [1.54, 1.807) is 0 Å². The van der Waals surface area contributed by atoms with Crippen molar-refractivity contribution in [1.29, 1.82) is 0 Å². The molecular weight excluding hydrogens is 312 g/mol. The molecule has 0 N–H and O–H groups in total. The van der Waals surface area contributed by atoms with E-state index in [9.17, 15) is 4.79 Å². The van der Waals surface area contributed by atoms with Crippen LogP contribution < -0.4 is 0 Å². The molecule has 25 heavy (non-hydrogen) atoms. The molecule has 1 aliphatic rings. The van der Waals surface area contributed by atoms with Crippen molar-refractivity contribution in [3.8, 4) is 0 Å². The number of carbonyl (C=O) groups is 1. The molecule has 2 aromatic carbocycles. The Morgan fingerprint density at radius 2 is 1.88 bits per heavy atom. The number of hydrogen-bond donors (Lipinski definition) is 0. The molecule has 1 atom stereocenters. The highest BCUT2D eigenvalue weighted by atomic mass is 16.6.